The van der Waals surface area contributed by atoms with Crippen LogP contribution in [0.4, 0.5) is 5.95 Å². The smallest absolute Gasteiger partial charge is 0.223 e. The van der Waals surface area contributed by atoms with Gasteiger partial charge in [-0.1, -0.05) is 5.16 Å². The molecule has 0 aliphatic carbocycles. The van der Waals surface area contributed by atoms with Gasteiger partial charge in [-0.15, -0.1) is 0 Å². The molecule has 0 radical (unpaired) electrons. The van der Waals surface area contributed by atoms with E-state index in [1.807, 2.05) is 13.0 Å². The van der Waals surface area contributed by atoms with E-state index in [0.29, 0.717) is 11.7 Å². The predicted molar refractivity (Wildman–Crippen MR) is 79.0 cm³/mol. The molecule has 0 unspecified atom stereocenters. The lowest BCUT2D eigenvalue weighted by Crippen LogP contribution is -2.14. The molecule has 0 bridgehead atoms. The first-order chi connectivity index (χ1) is 10.1. The monoisotopic (exact) mass is 288 g/mol. The Morgan fingerprint density at radius 3 is 2.86 bits per heavy atom. The zero-order valence-corrected chi connectivity index (χ0v) is 12.6. The van der Waals surface area contributed by atoms with Crippen LogP contribution in [0.3, 0.4) is 0 Å². The van der Waals surface area contributed by atoms with Crippen molar-refractivity contribution < 1.29 is 9.26 Å². The van der Waals surface area contributed by atoms with Crippen molar-refractivity contribution >= 4 is 5.95 Å². The lowest BCUT2D eigenvalue weighted by atomic mass is 10.1. The van der Waals surface area contributed by atoms with Gasteiger partial charge in [0.05, 0.1) is 17.0 Å². The van der Waals surface area contributed by atoms with Crippen molar-refractivity contribution in [1.29, 1.82) is 0 Å². The van der Waals surface area contributed by atoms with Gasteiger partial charge >= 0.3 is 0 Å². The molecule has 2 aromatic heterocycles. The molecule has 0 aromatic carbocycles. The van der Waals surface area contributed by atoms with Gasteiger partial charge in [-0.25, -0.2) is 9.97 Å². The van der Waals surface area contributed by atoms with E-state index in [1.54, 1.807) is 6.20 Å². The molecule has 1 saturated heterocycles. The molecule has 6 heteroatoms. The quantitative estimate of drug-likeness (QED) is 0.932. The predicted octanol–water partition coefficient (Wildman–Crippen LogP) is 3.11. The Bertz CT molecular complexity index is 618. The van der Waals surface area contributed by atoms with Crippen molar-refractivity contribution in [3.05, 3.63) is 23.7 Å². The number of aryl methyl sites for hydroxylation is 1. The molecular formula is C15H20N4O2. The van der Waals surface area contributed by atoms with Crippen molar-refractivity contribution in [2.75, 3.05) is 11.9 Å². The highest BCUT2D eigenvalue weighted by atomic mass is 16.5. The minimum Gasteiger partial charge on any atom is -0.372 e. The first kappa shape index (κ1) is 14.0. The third kappa shape index (κ3) is 3.05. The highest BCUT2D eigenvalue weighted by Crippen LogP contribution is 2.34. The molecule has 1 atom stereocenters. The van der Waals surface area contributed by atoms with Crippen LogP contribution in [0, 0.1) is 6.92 Å². The Morgan fingerprint density at radius 2 is 2.24 bits per heavy atom. The van der Waals surface area contributed by atoms with Crippen LogP contribution in [0.1, 0.15) is 44.2 Å². The molecule has 1 aliphatic heterocycles. The summed E-state index contributed by atoms with van der Waals surface area (Å²) in [6.45, 7) is 6.79. The van der Waals surface area contributed by atoms with E-state index >= 15 is 0 Å². The van der Waals surface area contributed by atoms with Gasteiger partial charge in [-0.05, 0) is 33.6 Å². The van der Waals surface area contributed by atoms with Crippen LogP contribution in [0.2, 0.25) is 0 Å². The summed E-state index contributed by atoms with van der Waals surface area (Å²) < 4.78 is 11.2. The average Bonchev–Trinajstić information content (AvgIpc) is 3.09. The van der Waals surface area contributed by atoms with Gasteiger partial charge < -0.3 is 14.6 Å². The molecule has 3 heterocycles. The summed E-state index contributed by atoms with van der Waals surface area (Å²) in [5.74, 6) is 1.31. The molecule has 1 N–H and O–H groups in total. The fraction of sp³-hybridized carbons (Fsp3) is 0.533. The molecule has 0 amide bonds. The Hall–Kier alpha value is -1.95. The molecule has 0 saturated carbocycles. The van der Waals surface area contributed by atoms with E-state index in [1.165, 1.54) is 0 Å². The summed E-state index contributed by atoms with van der Waals surface area (Å²) in [6.07, 6.45) is 3.81. The summed E-state index contributed by atoms with van der Waals surface area (Å²) in [7, 11) is 0. The van der Waals surface area contributed by atoms with Crippen LogP contribution in [-0.2, 0) is 4.74 Å². The van der Waals surface area contributed by atoms with E-state index in [4.69, 9.17) is 9.26 Å². The fourth-order valence-electron chi connectivity index (χ4n) is 2.44. The topological polar surface area (TPSA) is 73.1 Å². The number of nitrogens with zero attached hydrogens (tertiary/aromatic N) is 3. The minimum atomic E-state index is 0.00104. The van der Waals surface area contributed by atoms with Crippen molar-refractivity contribution in [3.8, 4) is 11.3 Å². The molecule has 6 nitrogen and oxygen atoms in total. The second-order valence-corrected chi connectivity index (χ2v) is 5.63. The third-order valence-corrected chi connectivity index (χ3v) is 3.36. The van der Waals surface area contributed by atoms with Crippen molar-refractivity contribution in [3.63, 3.8) is 0 Å². The number of aromatic nitrogens is 3. The fourth-order valence-corrected chi connectivity index (χ4v) is 2.44. The summed E-state index contributed by atoms with van der Waals surface area (Å²) >= 11 is 0. The van der Waals surface area contributed by atoms with Gasteiger partial charge in [0.1, 0.15) is 6.10 Å². The van der Waals surface area contributed by atoms with Gasteiger partial charge in [0.2, 0.25) is 5.95 Å². The Kier molecular flexibility index (Phi) is 3.88. The molecule has 1 aliphatic rings. The van der Waals surface area contributed by atoms with E-state index in [0.717, 1.165) is 36.4 Å². The molecule has 2 aromatic rings. The van der Waals surface area contributed by atoms with E-state index < -0.39 is 0 Å². The third-order valence-electron chi connectivity index (χ3n) is 3.36. The zero-order valence-electron chi connectivity index (χ0n) is 12.6. The number of ether oxygens (including phenoxy) is 1. The SMILES string of the molecule is Cc1cc(-c2cnc(NC(C)C)nc2[C@@H]2CCCO2)on1. The molecule has 0 spiro atoms. The molecule has 112 valence electrons. The number of hydrogen-bond acceptors (Lipinski definition) is 6. The lowest BCUT2D eigenvalue weighted by Gasteiger charge is -2.15. The maximum absolute atomic E-state index is 5.79. The van der Waals surface area contributed by atoms with Gasteiger partial charge in [0.25, 0.3) is 0 Å². The second-order valence-electron chi connectivity index (χ2n) is 5.63. The average molecular weight is 288 g/mol. The van der Waals surface area contributed by atoms with Gasteiger partial charge in [0.15, 0.2) is 5.76 Å². The van der Waals surface area contributed by atoms with Crippen LogP contribution in [0.25, 0.3) is 11.3 Å². The number of anilines is 1. The highest BCUT2D eigenvalue weighted by Gasteiger charge is 2.25. The zero-order chi connectivity index (χ0) is 14.8. The maximum atomic E-state index is 5.79. The molecule has 21 heavy (non-hydrogen) atoms. The normalized spacial score (nSPS) is 18.4. The first-order valence-electron chi connectivity index (χ1n) is 7.32. The summed E-state index contributed by atoms with van der Waals surface area (Å²) in [4.78, 5) is 9.02. The van der Waals surface area contributed by atoms with Crippen LogP contribution in [0.15, 0.2) is 16.8 Å². The second kappa shape index (κ2) is 5.81. The van der Waals surface area contributed by atoms with Crippen LogP contribution < -0.4 is 5.32 Å². The van der Waals surface area contributed by atoms with Gasteiger partial charge in [-0.3, -0.25) is 0 Å². The van der Waals surface area contributed by atoms with Crippen LogP contribution in [-0.4, -0.2) is 27.8 Å². The summed E-state index contributed by atoms with van der Waals surface area (Å²) in [6, 6.07) is 2.17. The van der Waals surface area contributed by atoms with Crippen molar-refractivity contribution in [2.24, 2.45) is 0 Å². The van der Waals surface area contributed by atoms with Crippen LogP contribution >= 0.6 is 0 Å². The van der Waals surface area contributed by atoms with E-state index in [-0.39, 0.29) is 12.1 Å². The van der Waals surface area contributed by atoms with Gasteiger partial charge in [0, 0.05) is 24.9 Å². The number of nitrogens with one attached hydrogen (secondary N) is 1. The molecular weight excluding hydrogens is 268 g/mol. The van der Waals surface area contributed by atoms with Crippen molar-refractivity contribution in [1.82, 2.24) is 15.1 Å². The lowest BCUT2D eigenvalue weighted by molar-refractivity contribution is 0.109. The first-order valence-corrected chi connectivity index (χ1v) is 7.32. The number of rotatable bonds is 4. The number of hydrogen-bond donors (Lipinski definition) is 1. The van der Waals surface area contributed by atoms with E-state index in [2.05, 4.69) is 34.3 Å². The Labute approximate surface area is 123 Å². The summed E-state index contributed by atoms with van der Waals surface area (Å²) in [5, 5.41) is 7.17. The summed E-state index contributed by atoms with van der Waals surface area (Å²) in [5.41, 5.74) is 2.58. The van der Waals surface area contributed by atoms with Crippen LogP contribution in [0.5, 0.6) is 0 Å². The highest BCUT2D eigenvalue weighted by molar-refractivity contribution is 5.61. The Morgan fingerprint density at radius 1 is 1.38 bits per heavy atom. The van der Waals surface area contributed by atoms with Crippen molar-refractivity contribution in [2.45, 2.75) is 45.8 Å². The molecule has 3 rings (SSSR count). The minimum absolute atomic E-state index is 0.00104. The molecule has 1 fully saturated rings. The van der Waals surface area contributed by atoms with E-state index in [9.17, 15) is 0 Å². The largest absolute Gasteiger partial charge is 0.372 e. The maximum Gasteiger partial charge on any atom is 0.223 e. The standard InChI is InChI=1S/C15H20N4O2/c1-9(2)17-15-16-8-11(13-7-10(3)19-21-13)14(18-15)12-5-4-6-20-12/h7-9,12H,4-6H2,1-3H3,(H,16,17,18)/t12-/m0/s1. The Balaban J connectivity index is 2.01. The van der Waals surface area contributed by atoms with Gasteiger partial charge in [-0.2, -0.15) is 0 Å².